The number of hydrogen-bond acceptors (Lipinski definition) is 2. The summed E-state index contributed by atoms with van der Waals surface area (Å²) in [5.74, 6) is -1.25. The molecule has 1 amide bonds. The molecule has 2 aromatic carbocycles. The van der Waals surface area contributed by atoms with Gasteiger partial charge >= 0.3 is 5.97 Å². The van der Waals surface area contributed by atoms with Crippen molar-refractivity contribution >= 4 is 23.3 Å². The second-order valence-electron chi connectivity index (χ2n) is 8.73. The summed E-state index contributed by atoms with van der Waals surface area (Å²) in [5.41, 5.74) is 4.25. The lowest BCUT2D eigenvalue weighted by Crippen LogP contribution is -2.34. The minimum Gasteiger partial charge on any atom is -0.478 e. The number of aromatic carboxylic acids is 1. The van der Waals surface area contributed by atoms with Crippen molar-refractivity contribution in [2.24, 2.45) is 0 Å². The van der Waals surface area contributed by atoms with Gasteiger partial charge in [-0.3, -0.25) is 9.69 Å². The van der Waals surface area contributed by atoms with Crippen LogP contribution in [0, 0.1) is 0 Å². The highest BCUT2D eigenvalue weighted by Crippen LogP contribution is 2.47. The average molecular weight is 377 g/mol. The largest absolute Gasteiger partial charge is 0.478 e. The molecule has 0 heterocycles. The number of carbonyl (C=O) groups excluding carboxylic acids is 1. The predicted octanol–water partition coefficient (Wildman–Crippen LogP) is 5.58. The van der Waals surface area contributed by atoms with Crippen molar-refractivity contribution < 1.29 is 14.7 Å². The van der Waals surface area contributed by atoms with E-state index in [4.69, 9.17) is 5.11 Å². The molecule has 1 aliphatic rings. The van der Waals surface area contributed by atoms with E-state index in [0.717, 1.165) is 18.5 Å². The molecule has 0 atom stereocenters. The second-order valence-corrected chi connectivity index (χ2v) is 8.73. The van der Waals surface area contributed by atoms with Crippen molar-refractivity contribution in [3.63, 3.8) is 0 Å². The Morgan fingerprint density at radius 1 is 0.929 bits per heavy atom. The maximum atomic E-state index is 12.7. The van der Waals surface area contributed by atoms with Crippen molar-refractivity contribution in [1.82, 2.24) is 0 Å². The van der Waals surface area contributed by atoms with E-state index in [-0.39, 0.29) is 22.3 Å². The summed E-state index contributed by atoms with van der Waals surface area (Å²) >= 11 is 0. The predicted molar refractivity (Wildman–Crippen MR) is 112 cm³/mol. The lowest BCUT2D eigenvalue weighted by atomic mass is 9.63. The number of carboxylic acid groups (broad SMARTS) is 1. The number of rotatable bonds is 4. The third kappa shape index (κ3) is 3.47. The van der Waals surface area contributed by atoms with Gasteiger partial charge in [-0.05, 0) is 77.3 Å². The third-order valence-electron chi connectivity index (χ3n) is 5.86. The highest BCUT2D eigenvalue weighted by atomic mass is 16.4. The summed E-state index contributed by atoms with van der Waals surface area (Å²) in [4.78, 5) is 25.4. The number of anilines is 2. The lowest BCUT2D eigenvalue weighted by molar-refractivity contribution is -0.113. The average Bonchev–Trinajstić information content (AvgIpc) is 2.66. The molecule has 0 saturated heterocycles. The van der Waals surface area contributed by atoms with E-state index in [1.54, 1.807) is 17.0 Å². The van der Waals surface area contributed by atoms with Crippen LogP contribution < -0.4 is 4.90 Å². The van der Waals surface area contributed by atoms with Crippen LogP contribution in [0.4, 0.5) is 11.4 Å². The van der Waals surface area contributed by atoms with Gasteiger partial charge in [0.05, 0.1) is 5.56 Å². The maximum absolute atomic E-state index is 12.7. The number of hydrogen-bond donors (Lipinski definition) is 1. The van der Waals surface area contributed by atoms with Crippen molar-refractivity contribution in [2.45, 2.75) is 51.4 Å². The highest BCUT2D eigenvalue weighted by molar-refractivity contribution is 6.07. The number of amides is 1. The van der Waals surface area contributed by atoms with Crippen LogP contribution in [0.5, 0.6) is 0 Å². The van der Waals surface area contributed by atoms with Crippen LogP contribution in [-0.4, -0.2) is 17.0 Å². The fraction of sp³-hybridized carbons (Fsp3) is 0.333. The van der Waals surface area contributed by atoms with Crippen LogP contribution in [0.1, 0.15) is 62.0 Å². The quantitative estimate of drug-likeness (QED) is 0.707. The van der Waals surface area contributed by atoms with E-state index in [0.29, 0.717) is 5.69 Å². The molecule has 0 fully saturated rings. The van der Waals surface area contributed by atoms with Crippen LogP contribution in [0.25, 0.3) is 0 Å². The number of carbonyl (C=O) groups is 2. The summed E-state index contributed by atoms with van der Waals surface area (Å²) in [6.07, 6.45) is 3.48. The first kappa shape index (κ1) is 19.9. The van der Waals surface area contributed by atoms with Gasteiger partial charge in [-0.15, -0.1) is 0 Å². The van der Waals surface area contributed by atoms with Crippen LogP contribution in [0.3, 0.4) is 0 Å². The molecule has 0 unspecified atom stereocenters. The minimum absolute atomic E-state index is 0.0247. The Bertz CT molecular complexity index is 939. The van der Waals surface area contributed by atoms with Gasteiger partial charge in [0.2, 0.25) is 0 Å². The van der Waals surface area contributed by atoms with Gasteiger partial charge in [-0.1, -0.05) is 40.3 Å². The monoisotopic (exact) mass is 377 g/mol. The normalized spacial score (nSPS) is 16.7. The molecule has 1 N–H and O–H groups in total. The SMILES string of the molecule is C=CC(=O)N(c1ccc(C(=O)O)cc1)c1ccc2c(c1)C(C)(C)CCC2(C)C. The summed E-state index contributed by atoms with van der Waals surface area (Å²) in [6, 6.07) is 12.5. The summed E-state index contributed by atoms with van der Waals surface area (Å²) in [7, 11) is 0. The van der Waals surface area contributed by atoms with Crippen molar-refractivity contribution in [3.05, 3.63) is 71.8 Å². The van der Waals surface area contributed by atoms with Crippen molar-refractivity contribution in [2.75, 3.05) is 4.90 Å². The smallest absolute Gasteiger partial charge is 0.335 e. The second kappa shape index (κ2) is 6.93. The van der Waals surface area contributed by atoms with Crippen molar-refractivity contribution in [3.8, 4) is 0 Å². The molecule has 0 aliphatic heterocycles. The Kier molecular flexibility index (Phi) is 4.92. The van der Waals surface area contributed by atoms with Crippen molar-refractivity contribution in [1.29, 1.82) is 0 Å². The van der Waals surface area contributed by atoms with E-state index in [1.165, 1.54) is 29.3 Å². The molecule has 0 radical (unpaired) electrons. The summed E-state index contributed by atoms with van der Waals surface area (Å²) in [6.45, 7) is 12.6. The van der Waals surface area contributed by atoms with E-state index in [2.05, 4.69) is 46.4 Å². The standard InChI is InChI=1S/C24H27NO3/c1-6-21(26)25(17-9-7-16(8-10-17)22(27)28)18-11-12-19-20(15-18)24(4,5)14-13-23(19,2)3/h6-12,15H,1,13-14H2,2-5H3,(H,27,28). The zero-order valence-corrected chi connectivity index (χ0v) is 17.0. The molecular weight excluding hydrogens is 350 g/mol. The third-order valence-corrected chi connectivity index (χ3v) is 5.86. The molecule has 0 spiro atoms. The van der Waals surface area contributed by atoms with Crippen LogP contribution in [0.15, 0.2) is 55.1 Å². The molecule has 1 aliphatic carbocycles. The molecule has 0 saturated carbocycles. The Morgan fingerprint density at radius 2 is 1.46 bits per heavy atom. The van der Waals surface area contributed by atoms with E-state index >= 15 is 0 Å². The fourth-order valence-corrected chi connectivity index (χ4v) is 3.96. The summed E-state index contributed by atoms with van der Waals surface area (Å²) in [5, 5.41) is 9.13. The van der Waals surface area contributed by atoms with Crippen LogP contribution in [0.2, 0.25) is 0 Å². The van der Waals surface area contributed by atoms with E-state index in [1.807, 2.05) is 6.07 Å². The van der Waals surface area contributed by atoms with Gasteiger partial charge < -0.3 is 5.11 Å². The molecule has 4 heteroatoms. The summed E-state index contributed by atoms with van der Waals surface area (Å²) < 4.78 is 0. The minimum atomic E-state index is -0.995. The Balaban J connectivity index is 2.13. The number of carboxylic acids is 1. The molecule has 4 nitrogen and oxygen atoms in total. The topological polar surface area (TPSA) is 57.6 Å². The van der Waals surface area contributed by atoms with E-state index in [9.17, 15) is 9.59 Å². The molecule has 146 valence electrons. The molecule has 2 aromatic rings. The number of fused-ring (bicyclic) bond motifs is 1. The Morgan fingerprint density at radius 3 is 2.00 bits per heavy atom. The van der Waals surface area contributed by atoms with Gasteiger partial charge in [0, 0.05) is 11.4 Å². The lowest BCUT2D eigenvalue weighted by Gasteiger charge is -2.42. The number of benzene rings is 2. The van der Waals surface area contributed by atoms with Gasteiger partial charge in [0.15, 0.2) is 0 Å². The molecule has 3 rings (SSSR count). The molecular formula is C24H27NO3. The number of nitrogens with zero attached hydrogens (tertiary/aromatic N) is 1. The molecule has 0 aromatic heterocycles. The van der Waals surface area contributed by atoms with Gasteiger partial charge in [-0.25, -0.2) is 4.79 Å². The van der Waals surface area contributed by atoms with Gasteiger partial charge in [0.1, 0.15) is 0 Å². The van der Waals surface area contributed by atoms with E-state index < -0.39 is 5.97 Å². The first-order valence-electron chi connectivity index (χ1n) is 9.52. The zero-order valence-electron chi connectivity index (χ0n) is 17.0. The first-order chi connectivity index (χ1) is 13.1. The molecule has 0 bridgehead atoms. The van der Waals surface area contributed by atoms with Gasteiger partial charge in [0.25, 0.3) is 5.91 Å². The highest BCUT2D eigenvalue weighted by Gasteiger charge is 2.37. The Hall–Kier alpha value is -2.88. The first-order valence-corrected chi connectivity index (χ1v) is 9.52. The van der Waals surface area contributed by atoms with Crippen LogP contribution >= 0.6 is 0 Å². The molecule has 28 heavy (non-hydrogen) atoms. The zero-order chi connectivity index (χ0) is 20.7. The Labute approximate surface area is 166 Å². The fourth-order valence-electron chi connectivity index (χ4n) is 3.96. The maximum Gasteiger partial charge on any atom is 0.335 e. The van der Waals surface area contributed by atoms with Crippen LogP contribution in [-0.2, 0) is 15.6 Å². The van der Waals surface area contributed by atoms with Gasteiger partial charge in [-0.2, -0.15) is 0 Å².